The lowest BCUT2D eigenvalue weighted by molar-refractivity contribution is 0.102. The summed E-state index contributed by atoms with van der Waals surface area (Å²) in [4.78, 5) is 12.2. The van der Waals surface area contributed by atoms with E-state index < -0.39 is 0 Å². The molecule has 0 aliphatic rings. The van der Waals surface area contributed by atoms with E-state index in [0.29, 0.717) is 32.7 Å². The molecule has 0 radical (unpaired) electrons. The predicted molar refractivity (Wildman–Crippen MR) is 84.2 cm³/mol. The SMILES string of the molecule is COc1cc(C(=O)Nc2cc(Br)c(F)cc2C)ccc1N. The highest BCUT2D eigenvalue weighted by Gasteiger charge is 2.12. The van der Waals surface area contributed by atoms with Crippen LogP contribution in [-0.4, -0.2) is 13.0 Å². The van der Waals surface area contributed by atoms with Crippen LogP contribution in [0.1, 0.15) is 15.9 Å². The molecule has 2 aromatic rings. The fourth-order valence-corrected chi connectivity index (χ4v) is 2.17. The third-order valence-electron chi connectivity index (χ3n) is 3.01. The number of hydrogen-bond acceptors (Lipinski definition) is 3. The molecule has 4 nitrogen and oxygen atoms in total. The number of nitrogens with two attached hydrogens (primary N) is 1. The number of amides is 1. The maximum atomic E-state index is 13.4. The number of methoxy groups -OCH3 is 1. The Labute approximate surface area is 130 Å². The number of aryl methyl sites for hydroxylation is 1. The number of rotatable bonds is 3. The maximum Gasteiger partial charge on any atom is 0.255 e. The van der Waals surface area contributed by atoms with E-state index >= 15 is 0 Å². The molecular weight excluding hydrogens is 339 g/mol. The lowest BCUT2D eigenvalue weighted by atomic mass is 10.1. The van der Waals surface area contributed by atoms with Crippen molar-refractivity contribution in [2.24, 2.45) is 0 Å². The van der Waals surface area contributed by atoms with Gasteiger partial charge in [-0.3, -0.25) is 4.79 Å². The van der Waals surface area contributed by atoms with Crippen LogP contribution in [0.5, 0.6) is 5.75 Å². The van der Waals surface area contributed by atoms with Crippen LogP contribution in [0, 0.1) is 12.7 Å². The Morgan fingerprint density at radius 3 is 2.71 bits per heavy atom. The molecular formula is C15H14BrFN2O2. The summed E-state index contributed by atoms with van der Waals surface area (Å²) in [5.74, 6) is -0.269. The third-order valence-corrected chi connectivity index (χ3v) is 3.62. The lowest BCUT2D eigenvalue weighted by Gasteiger charge is -2.11. The Balaban J connectivity index is 2.28. The average molecular weight is 353 g/mol. The Kier molecular flexibility index (Phi) is 4.47. The number of nitrogen functional groups attached to an aromatic ring is 1. The van der Waals surface area contributed by atoms with Gasteiger partial charge in [-0.25, -0.2) is 4.39 Å². The van der Waals surface area contributed by atoms with Gasteiger partial charge in [0, 0.05) is 11.3 Å². The molecule has 0 saturated heterocycles. The van der Waals surface area contributed by atoms with Crippen LogP contribution in [0.4, 0.5) is 15.8 Å². The van der Waals surface area contributed by atoms with E-state index in [2.05, 4.69) is 21.2 Å². The van der Waals surface area contributed by atoms with Gasteiger partial charge in [-0.2, -0.15) is 0 Å². The van der Waals surface area contributed by atoms with Gasteiger partial charge < -0.3 is 15.8 Å². The van der Waals surface area contributed by atoms with Crippen molar-refractivity contribution in [2.45, 2.75) is 6.92 Å². The first-order chi connectivity index (χ1) is 9.92. The van der Waals surface area contributed by atoms with Crippen LogP contribution in [-0.2, 0) is 0 Å². The van der Waals surface area contributed by atoms with Crippen molar-refractivity contribution in [1.82, 2.24) is 0 Å². The van der Waals surface area contributed by atoms with Gasteiger partial charge in [0.05, 0.1) is 17.3 Å². The quantitative estimate of drug-likeness (QED) is 0.827. The molecule has 0 atom stereocenters. The van der Waals surface area contributed by atoms with Crippen molar-refractivity contribution < 1.29 is 13.9 Å². The van der Waals surface area contributed by atoms with Gasteiger partial charge in [0.1, 0.15) is 11.6 Å². The van der Waals surface area contributed by atoms with E-state index in [9.17, 15) is 9.18 Å². The second-order valence-electron chi connectivity index (χ2n) is 4.49. The summed E-state index contributed by atoms with van der Waals surface area (Å²) in [7, 11) is 1.48. The maximum absolute atomic E-state index is 13.4. The first kappa shape index (κ1) is 15.3. The standard InChI is InChI=1S/C15H14BrFN2O2/c1-8-5-11(17)10(16)7-13(8)19-15(20)9-3-4-12(18)14(6-9)21-2/h3-7H,18H2,1-2H3,(H,19,20). The van der Waals surface area contributed by atoms with E-state index in [0.717, 1.165) is 0 Å². The molecule has 0 unspecified atom stereocenters. The monoisotopic (exact) mass is 352 g/mol. The smallest absolute Gasteiger partial charge is 0.255 e. The molecule has 21 heavy (non-hydrogen) atoms. The normalized spacial score (nSPS) is 10.3. The molecule has 1 amide bonds. The van der Waals surface area contributed by atoms with Crippen molar-refractivity contribution in [1.29, 1.82) is 0 Å². The highest BCUT2D eigenvalue weighted by molar-refractivity contribution is 9.10. The molecule has 2 rings (SSSR count). The van der Waals surface area contributed by atoms with Crippen LogP contribution in [0.15, 0.2) is 34.8 Å². The van der Waals surface area contributed by atoms with E-state index in [1.165, 1.54) is 19.2 Å². The number of anilines is 2. The topological polar surface area (TPSA) is 64.3 Å². The van der Waals surface area contributed by atoms with Crippen molar-refractivity contribution >= 4 is 33.2 Å². The Morgan fingerprint density at radius 2 is 2.05 bits per heavy atom. The van der Waals surface area contributed by atoms with Crippen molar-refractivity contribution in [3.8, 4) is 5.75 Å². The summed E-state index contributed by atoms with van der Waals surface area (Å²) >= 11 is 3.10. The number of benzene rings is 2. The Morgan fingerprint density at radius 1 is 1.33 bits per heavy atom. The molecule has 2 aromatic carbocycles. The summed E-state index contributed by atoms with van der Waals surface area (Å²) < 4.78 is 18.7. The van der Waals surface area contributed by atoms with Gasteiger partial charge in [-0.1, -0.05) is 0 Å². The van der Waals surface area contributed by atoms with Gasteiger partial charge in [-0.15, -0.1) is 0 Å². The van der Waals surface area contributed by atoms with Crippen LogP contribution in [0.2, 0.25) is 0 Å². The van der Waals surface area contributed by atoms with E-state index in [1.807, 2.05) is 0 Å². The first-order valence-corrected chi connectivity index (χ1v) is 6.92. The Bertz CT molecular complexity index is 704. The third kappa shape index (κ3) is 3.33. The summed E-state index contributed by atoms with van der Waals surface area (Å²) in [6.45, 7) is 1.72. The number of carbonyl (C=O) groups excluding carboxylic acids is 1. The molecule has 110 valence electrons. The number of ether oxygens (including phenoxy) is 1. The molecule has 3 N–H and O–H groups in total. The minimum atomic E-state index is -0.375. The molecule has 0 fully saturated rings. The van der Waals surface area contributed by atoms with Gasteiger partial charge in [0.15, 0.2) is 0 Å². The van der Waals surface area contributed by atoms with E-state index in [4.69, 9.17) is 10.5 Å². The number of carbonyl (C=O) groups is 1. The molecule has 6 heteroatoms. The minimum absolute atomic E-state index is 0.290. The minimum Gasteiger partial charge on any atom is -0.495 e. The van der Waals surface area contributed by atoms with Crippen molar-refractivity contribution in [2.75, 3.05) is 18.2 Å². The molecule has 0 saturated carbocycles. The second-order valence-corrected chi connectivity index (χ2v) is 5.35. The van der Waals surface area contributed by atoms with Gasteiger partial charge >= 0.3 is 0 Å². The van der Waals surface area contributed by atoms with Crippen LogP contribution in [0.3, 0.4) is 0 Å². The van der Waals surface area contributed by atoms with E-state index in [1.54, 1.807) is 25.1 Å². The molecule has 0 aliphatic heterocycles. The Hall–Kier alpha value is -2.08. The summed E-state index contributed by atoms with van der Waals surface area (Å²) in [6.07, 6.45) is 0. The molecule has 0 aromatic heterocycles. The molecule has 0 bridgehead atoms. The van der Waals surface area contributed by atoms with Gasteiger partial charge in [0.25, 0.3) is 5.91 Å². The van der Waals surface area contributed by atoms with Crippen LogP contribution in [0.25, 0.3) is 0 Å². The molecule has 0 aliphatic carbocycles. The highest BCUT2D eigenvalue weighted by Crippen LogP contribution is 2.26. The highest BCUT2D eigenvalue weighted by atomic mass is 79.9. The summed E-state index contributed by atoms with van der Waals surface area (Å²) in [5.41, 5.74) is 7.73. The zero-order valence-corrected chi connectivity index (χ0v) is 13.1. The summed E-state index contributed by atoms with van der Waals surface area (Å²) in [6, 6.07) is 7.63. The van der Waals surface area contributed by atoms with Gasteiger partial charge in [-0.05, 0) is 58.7 Å². The van der Waals surface area contributed by atoms with Gasteiger partial charge in [0.2, 0.25) is 0 Å². The zero-order chi connectivity index (χ0) is 15.6. The van der Waals surface area contributed by atoms with Crippen molar-refractivity contribution in [3.05, 3.63) is 51.7 Å². The van der Waals surface area contributed by atoms with Crippen LogP contribution < -0.4 is 15.8 Å². The predicted octanol–water partition coefficient (Wildman–Crippen LogP) is 3.74. The fourth-order valence-electron chi connectivity index (χ4n) is 1.83. The fraction of sp³-hybridized carbons (Fsp3) is 0.133. The second kappa shape index (κ2) is 6.13. The van der Waals surface area contributed by atoms with Crippen LogP contribution >= 0.6 is 15.9 Å². The summed E-state index contributed by atoms with van der Waals surface area (Å²) in [5, 5.41) is 2.73. The van der Waals surface area contributed by atoms with Crippen molar-refractivity contribution in [3.63, 3.8) is 0 Å². The zero-order valence-electron chi connectivity index (χ0n) is 11.5. The first-order valence-electron chi connectivity index (χ1n) is 6.13. The average Bonchev–Trinajstić information content (AvgIpc) is 2.45. The lowest BCUT2D eigenvalue weighted by Crippen LogP contribution is -2.13. The molecule has 0 heterocycles. The number of halogens is 2. The molecule has 0 spiro atoms. The number of hydrogen-bond donors (Lipinski definition) is 2. The van der Waals surface area contributed by atoms with E-state index in [-0.39, 0.29) is 11.7 Å². The number of nitrogens with one attached hydrogen (secondary N) is 1. The largest absolute Gasteiger partial charge is 0.495 e.